The number of nitrogens with zero attached hydrogens (tertiary/aromatic N) is 2. The molecule has 5 nitrogen and oxygen atoms in total. The van der Waals surface area contributed by atoms with Crippen LogP contribution >= 0.6 is 11.3 Å². The molecule has 1 aromatic heterocycles. The lowest BCUT2D eigenvalue weighted by molar-refractivity contribution is -0.384. The molecule has 4 aromatic rings. The molecule has 0 amide bonds. The van der Waals surface area contributed by atoms with Gasteiger partial charge in [-0.3, -0.25) is 10.1 Å². The number of fused-ring (bicyclic) bond motifs is 1. The summed E-state index contributed by atoms with van der Waals surface area (Å²) in [6, 6.07) is 21.0. The molecule has 0 aliphatic rings. The molecule has 6 heteroatoms. The molecule has 0 radical (unpaired) electrons. The van der Waals surface area contributed by atoms with E-state index in [0.717, 1.165) is 27.3 Å². The van der Waals surface area contributed by atoms with Gasteiger partial charge in [0.1, 0.15) is 5.01 Å². The van der Waals surface area contributed by atoms with E-state index >= 15 is 0 Å². The van der Waals surface area contributed by atoms with Gasteiger partial charge in [0.15, 0.2) is 0 Å². The zero-order chi connectivity index (χ0) is 18.8. The molecule has 0 fully saturated rings. The Balaban J connectivity index is 1.48. The first-order valence-electron chi connectivity index (χ1n) is 8.53. The minimum absolute atomic E-state index is 0.107. The predicted molar refractivity (Wildman–Crippen MR) is 110 cm³/mol. The van der Waals surface area contributed by atoms with Gasteiger partial charge in [-0.15, -0.1) is 11.3 Å². The van der Waals surface area contributed by atoms with Crippen molar-refractivity contribution in [2.24, 2.45) is 0 Å². The van der Waals surface area contributed by atoms with Crippen LogP contribution in [-0.2, 0) is 6.54 Å². The van der Waals surface area contributed by atoms with E-state index in [-0.39, 0.29) is 10.6 Å². The van der Waals surface area contributed by atoms with Crippen molar-refractivity contribution in [3.05, 3.63) is 88.0 Å². The highest BCUT2D eigenvalue weighted by molar-refractivity contribution is 7.21. The number of aryl methyl sites for hydroxylation is 1. The normalized spacial score (nSPS) is 10.9. The Labute approximate surface area is 160 Å². The molecule has 134 valence electrons. The van der Waals surface area contributed by atoms with Crippen molar-refractivity contribution in [1.82, 2.24) is 4.98 Å². The summed E-state index contributed by atoms with van der Waals surface area (Å²) in [5, 5.41) is 15.2. The van der Waals surface area contributed by atoms with Gasteiger partial charge in [-0.1, -0.05) is 18.2 Å². The van der Waals surface area contributed by atoms with Crippen LogP contribution in [0.25, 0.3) is 20.8 Å². The van der Waals surface area contributed by atoms with Gasteiger partial charge in [-0.05, 0) is 54.4 Å². The van der Waals surface area contributed by atoms with Crippen molar-refractivity contribution in [3.63, 3.8) is 0 Å². The van der Waals surface area contributed by atoms with Crippen molar-refractivity contribution in [2.45, 2.75) is 13.5 Å². The maximum Gasteiger partial charge on any atom is 0.269 e. The Morgan fingerprint density at radius 2 is 1.89 bits per heavy atom. The summed E-state index contributed by atoms with van der Waals surface area (Å²) in [5.41, 5.74) is 5.27. The van der Waals surface area contributed by atoms with Crippen LogP contribution in [0.15, 0.2) is 66.7 Å². The van der Waals surface area contributed by atoms with E-state index in [1.807, 2.05) is 30.3 Å². The van der Waals surface area contributed by atoms with Crippen LogP contribution in [0.1, 0.15) is 11.1 Å². The molecule has 0 bridgehead atoms. The van der Waals surface area contributed by atoms with Gasteiger partial charge in [-0.25, -0.2) is 4.98 Å². The second kappa shape index (κ2) is 7.17. The molecule has 0 aliphatic heterocycles. The van der Waals surface area contributed by atoms with Crippen LogP contribution in [0.4, 0.5) is 11.4 Å². The second-order valence-corrected chi connectivity index (χ2v) is 7.38. The minimum atomic E-state index is -0.377. The number of non-ortho nitro benzene ring substituents is 1. The number of hydrogen-bond acceptors (Lipinski definition) is 5. The zero-order valence-corrected chi connectivity index (χ0v) is 15.5. The van der Waals surface area contributed by atoms with Crippen LogP contribution < -0.4 is 5.32 Å². The van der Waals surface area contributed by atoms with E-state index in [1.165, 1.54) is 16.3 Å². The van der Waals surface area contributed by atoms with Crippen molar-refractivity contribution in [3.8, 4) is 10.6 Å². The maximum absolute atomic E-state index is 10.9. The molecule has 27 heavy (non-hydrogen) atoms. The van der Waals surface area contributed by atoms with Crippen molar-refractivity contribution >= 4 is 32.9 Å². The molecule has 3 aromatic carbocycles. The van der Waals surface area contributed by atoms with Crippen LogP contribution in [0.2, 0.25) is 0 Å². The van der Waals surface area contributed by atoms with Crippen molar-refractivity contribution in [2.75, 3.05) is 5.32 Å². The summed E-state index contributed by atoms with van der Waals surface area (Å²) < 4.78 is 1.19. The number of nitrogens with one attached hydrogen (secondary N) is 1. The SMILES string of the molecule is Cc1ccc2nc(-c3ccc(NCc4cccc([N+](=O)[O-])c4)cc3)sc2c1. The molecule has 0 atom stereocenters. The van der Waals surface area contributed by atoms with Gasteiger partial charge in [0.2, 0.25) is 0 Å². The summed E-state index contributed by atoms with van der Waals surface area (Å²) >= 11 is 1.69. The molecular formula is C21H17N3O2S. The largest absolute Gasteiger partial charge is 0.381 e. The summed E-state index contributed by atoms with van der Waals surface area (Å²) in [4.78, 5) is 15.2. The molecule has 0 saturated carbocycles. The first-order valence-corrected chi connectivity index (χ1v) is 9.35. The Morgan fingerprint density at radius 3 is 2.67 bits per heavy atom. The fourth-order valence-electron chi connectivity index (χ4n) is 2.87. The summed E-state index contributed by atoms with van der Waals surface area (Å²) in [6.45, 7) is 2.61. The molecule has 0 spiro atoms. The van der Waals surface area contributed by atoms with Gasteiger partial charge < -0.3 is 5.32 Å². The Bertz CT molecular complexity index is 1120. The van der Waals surface area contributed by atoms with Crippen LogP contribution in [-0.4, -0.2) is 9.91 Å². The predicted octanol–water partition coefficient (Wildman–Crippen LogP) is 5.79. The standard InChI is InChI=1S/C21H17N3O2S/c1-14-5-10-19-20(11-14)27-21(23-19)16-6-8-17(9-7-16)22-13-15-3-2-4-18(12-15)24(25)26/h2-12,22H,13H2,1H3. The monoisotopic (exact) mass is 375 g/mol. The molecular weight excluding hydrogens is 358 g/mol. The first-order chi connectivity index (χ1) is 13.1. The Kier molecular flexibility index (Phi) is 4.56. The minimum Gasteiger partial charge on any atom is -0.381 e. The number of thiazole rings is 1. The topological polar surface area (TPSA) is 68.1 Å². The Morgan fingerprint density at radius 1 is 1.07 bits per heavy atom. The number of hydrogen-bond donors (Lipinski definition) is 1. The molecule has 0 aliphatic carbocycles. The number of anilines is 1. The molecule has 1 N–H and O–H groups in total. The fraction of sp³-hybridized carbons (Fsp3) is 0.0952. The van der Waals surface area contributed by atoms with Gasteiger partial charge in [0.05, 0.1) is 15.1 Å². The summed E-state index contributed by atoms with van der Waals surface area (Å²) in [5.74, 6) is 0. The van der Waals surface area contributed by atoms with Crippen molar-refractivity contribution < 1.29 is 4.92 Å². The highest BCUT2D eigenvalue weighted by Gasteiger charge is 2.07. The number of benzene rings is 3. The van der Waals surface area contributed by atoms with Gasteiger partial charge in [-0.2, -0.15) is 0 Å². The number of nitro groups is 1. The second-order valence-electron chi connectivity index (χ2n) is 6.35. The molecule has 0 unspecified atom stereocenters. The zero-order valence-electron chi connectivity index (χ0n) is 14.7. The van der Waals surface area contributed by atoms with E-state index in [1.54, 1.807) is 23.5 Å². The van der Waals surface area contributed by atoms with E-state index in [2.05, 4.69) is 30.4 Å². The summed E-state index contributed by atoms with van der Waals surface area (Å²) in [7, 11) is 0. The van der Waals surface area contributed by atoms with Crippen LogP contribution in [0.5, 0.6) is 0 Å². The van der Waals surface area contributed by atoms with Crippen molar-refractivity contribution in [1.29, 1.82) is 0 Å². The molecule has 1 heterocycles. The average Bonchev–Trinajstić information content (AvgIpc) is 3.10. The quantitative estimate of drug-likeness (QED) is 0.354. The first kappa shape index (κ1) is 17.2. The Hall–Kier alpha value is -3.25. The van der Waals surface area contributed by atoms with E-state index in [4.69, 9.17) is 4.98 Å². The van der Waals surface area contributed by atoms with Gasteiger partial charge in [0, 0.05) is 29.9 Å². The maximum atomic E-state index is 10.9. The molecule has 0 saturated heterocycles. The van der Waals surface area contributed by atoms with Crippen LogP contribution in [0, 0.1) is 17.0 Å². The van der Waals surface area contributed by atoms with E-state index < -0.39 is 0 Å². The highest BCUT2D eigenvalue weighted by Crippen LogP contribution is 2.31. The van der Waals surface area contributed by atoms with Gasteiger partial charge in [0.25, 0.3) is 5.69 Å². The smallest absolute Gasteiger partial charge is 0.269 e. The van der Waals surface area contributed by atoms with Gasteiger partial charge >= 0.3 is 0 Å². The lowest BCUT2D eigenvalue weighted by atomic mass is 10.2. The van der Waals surface area contributed by atoms with Crippen LogP contribution in [0.3, 0.4) is 0 Å². The van der Waals surface area contributed by atoms with E-state index in [9.17, 15) is 10.1 Å². The third-order valence-electron chi connectivity index (χ3n) is 4.29. The third kappa shape index (κ3) is 3.80. The number of nitro benzene ring substituents is 1. The lowest BCUT2D eigenvalue weighted by Crippen LogP contribution is -2.00. The fourth-order valence-corrected chi connectivity index (χ4v) is 3.94. The number of aromatic nitrogens is 1. The average molecular weight is 375 g/mol. The lowest BCUT2D eigenvalue weighted by Gasteiger charge is -2.07. The molecule has 4 rings (SSSR count). The highest BCUT2D eigenvalue weighted by atomic mass is 32.1. The third-order valence-corrected chi connectivity index (χ3v) is 5.36. The number of rotatable bonds is 5. The van der Waals surface area contributed by atoms with E-state index in [0.29, 0.717) is 6.54 Å². The summed E-state index contributed by atoms with van der Waals surface area (Å²) in [6.07, 6.45) is 0.